The Morgan fingerprint density at radius 1 is 1.26 bits per heavy atom. The molecule has 19 heavy (non-hydrogen) atoms. The second-order valence-electron chi connectivity index (χ2n) is 4.64. The van der Waals surface area contributed by atoms with Gasteiger partial charge >= 0.3 is 0 Å². The average Bonchev–Trinajstić information content (AvgIpc) is 2.42. The lowest BCUT2D eigenvalue weighted by Crippen LogP contribution is -2.44. The Bertz CT molecular complexity index is 245. The van der Waals surface area contributed by atoms with E-state index >= 15 is 0 Å². The quantitative estimate of drug-likeness (QED) is 0.412. The molecule has 1 aliphatic rings. The molecular weight excluding hydrogens is 355 g/mol. The molecule has 1 rings (SSSR count). The first-order chi connectivity index (χ1) is 8.77. The van der Waals surface area contributed by atoms with E-state index < -0.39 is 0 Å². The molecule has 0 spiro atoms. The summed E-state index contributed by atoms with van der Waals surface area (Å²) >= 11 is 0. The second kappa shape index (κ2) is 11.7. The maximum absolute atomic E-state index is 5.36. The molecule has 6 heteroatoms. The van der Waals surface area contributed by atoms with Crippen LogP contribution in [0.25, 0.3) is 0 Å². The van der Waals surface area contributed by atoms with Crippen molar-refractivity contribution in [2.45, 2.75) is 33.2 Å². The van der Waals surface area contributed by atoms with E-state index in [9.17, 15) is 0 Å². The molecule has 1 fully saturated rings. The van der Waals surface area contributed by atoms with Gasteiger partial charge in [-0.3, -0.25) is 9.89 Å². The van der Waals surface area contributed by atoms with E-state index in [1.165, 1.54) is 0 Å². The van der Waals surface area contributed by atoms with Crippen molar-refractivity contribution in [2.24, 2.45) is 4.99 Å². The van der Waals surface area contributed by atoms with Gasteiger partial charge in [0.05, 0.1) is 19.8 Å². The molecule has 0 saturated carbocycles. The molecule has 0 aromatic heterocycles. The van der Waals surface area contributed by atoms with Gasteiger partial charge in [-0.2, -0.15) is 0 Å². The van der Waals surface area contributed by atoms with Gasteiger partial charge in [0, 0.05) is 32.2 Å². The van der Waals surface area contributed by atoms with Gasteiger partial charge in [-0.25, -0.2) is 0 Å². The van der Waals surface area contributed by atoms with Crippen LogP contribution in [0.1, 0.15) is 27.2 Å². The standard InChI is InChI=1S/C13H28N4O.HI/c1-4-6-15-13(14-5-2)16-11-12(3)17-7-9-18-10-8-17;/h12H,4-11H2,1-3H3,(H2,14,15,16);1H. The van der Waals surface area contributed by atoms with E-state index in [1.54, 1.807) is 0 Å². The molecule has 1 saturated heterocycles. The van der Waals surface area contributed by atoms with Crippen LogP contribution in [0.2, 0.25) is 0 Å². The third-order valence-electron chi connectivity index (χ3n) is 3.07. The number of morpholine rings is 1. The van der Waals surface area contributed by atoms with E-state index in [0.29, 0.717) is 6.04 Å². The SMILES string of the molecule is CCCNC(=NCC(C)N1CCOCC1)NCC.I. The van der Waals surface area contributed by atoms with Crippen LogP contribution < -0.4 is 10.6 Å². The molecule has 1 heterocycles. The summed E-state index contributed by atoms with van der Waals surface area (Å²) in [4.78, 5) is 7.08. The van der Waals surface area contributed by atoms with E-state index in [2.05, 4.69) is 41.3 Å². The first-order valence-electron chi connectivity index (χ1n) is 7.11. The smallest absolute Gasteiger partial charge is 0.191 e. The van der Waals surface area contributed by atoms with Crippen LogP contribution in [-0.4, -0.2) is 62.8 Å². The number of halogens is 1. The number of nitrogens with zero attached hydrogens (tertiary/aromatic N) is 2. The van der Waals surface area contributed by atoms with Crippen molar-refractivity contribution < 1.29 is 4.74 Å². The minimum atomic E-state index is 0. The zero-order chi connectivity index (χ0) is 13.2. The van der Waals surface area contributed by atoms with Gasteiger partial charge in [-0.15, -0.1) is 24.0 Å². The van der Waals surface area contributed by atoms with E-state index in [1.807, 2.05) is 0 Å². The minimum Gasteiger partial charge on any atom is -0.379 e. The molecule has 0 radical (unpaired) electrons. The van der Waals surface area contributed by atoms with Crippen LogP contribution in [0.5, 0.6) is 0 Å². The molecule has 0 aromatic carbocycles. The van der Waals surface area contributed by atoms with Crippen LogP contribution in [0.4, 0.5) is 0 Å². The Balaban J connectivity index is 0.00000324. The highest BCUT2D eigenvalue weighted by atomic mass is 127. The van der Waals surface area contributed by atoms with Crippen LogP contribution in [0, 0.1) is 0 Å². The molecule has 114 valence electrons. The first kappa shape index (κ1) is 18.9. The van der Waals surface area contributed by atoms with Crippen molar-refractivity contribution in [2.75, 3.05) is 45.9 Å². The Morgan fingerprint density at radius 3 is 2.53 bits per heavy atom. The van der Waals surface area contributed by atoms with Crippen LogP contribution >= 0.6 is 24.0 Å². The van der Waals surface area contributed by atoms with Gasteiger partial charge in [-0.05, 0) is 20.3 Å². The number of nitrogens with one attached hydrogen (secondary N) is 2. The number of hydrogen-bond acceptors (Lipinski definition) is 3. The highest BCUT2D eigenvalue weighted by molar-refractivity contribution is 14.0. The lowest BCUT2D eigenvalue weighted by Gasteiger charge is -2.31. The number of hydrogen-bond donors (Lipinski definition) is 2. The zero-order valence-corrected chi connectivity index (χ0v) is 14.8. The van der Waals surface area contributed by atoms with E-state index in [-0.39, 0.29) is 24.0 Å². The fraction of sp³-hybridized carbons (Fsp3) is 0.923. The second-order valence-corrected chi connectivity index (χ2v) is 4.64. The molecule has 0 amide bonds. The number of rotatable bonds is 6. The minimum absolute atomic E-state index is 0. The predicted octanol–water partition coefficient (Wildman–Crippen LogP) is 1.29. The molecule has 0 bridgehead atoms. The van der Waals surface area contributed by atoms with E-state index in [0.717, 1.165) is 58.3 Å². The Morgan fingerprint density at radius 2 is 1.95 bits per heavy atom. The number of aliphatic imine (C=N–C) groups is 1. The summed E-state index contributed by atoms with van der Waals surface area (Å²) in [6, 6.07) is 0.478. The summed E-state index contributed by atoms with van der Waals surface area (Å²) in [7, 11) is 0. The normalized spacial score (nSPS) is 18.6. The maximum Gasteiger partial charge on any atom is 0.191 e. The molecule has 5 nitrogen and oxygen atoms in total. The zero-order valence-electron chi connectivity index (χ0n) is 12.4. The maximum atomic E-state index is 5.36. The molecule has 1 atom stereocenters. The monoisotopic (exact) mass is 384 g/mol. The van der Waals surface area contributed by atoms with Gasteiger partial charge in [0.15, 0.2) is 5.96 Å². The molecule has 1 aliphatic heterocycles. The summed E-state index contributed by atoms with van der Waals surface area (Å²) in [6.45, 7) is 12.9. The number of ether oxygens (including phenoxy) is 1. The van der Waals surface area contributed by atoms with Crippen LogP contribution in [0.3, 0.4) is 0 Å². The van der Waals surface area contributed by atoms with Gasteiger partial charge in [0.25, 0.3) is 0 Å². The van der Waals surface area contributed by atoms with Crippen molar-refractivity contribution in [1.82, 2.24) is 15.5 Å². The van der Waals surface area contributed by atoms with Crippen LogP contribution in [0.15, 0.2) is 4.99 Å². The third-order valence-corrected chi connectivity index (χ3v) is 3.07. The average molecular weight is 384 g/mol. The van der Waals surface area contributed by atoms with E-state index in [4.69, 9.17) is 4.74 Å². The first-order valence-corrected chi connectivity index (χ1v) is 7.11. The van der Waals surface area contributed by atoms with Crippen molar-refractivity contribution in [3.05, 3.63) is 0 Å². The summed E-state index contributed by atoms with van der Waals surface area (Å²) < 4.78 is 5.36. The lowest BCUT2D eigenvalue weighted by molar-refractivity contribution is 0.0220. The number of guanidine groups is 1. The molecular formula is C13H29IN4O. The molecule has 1 unspecified atom stereocenters. The van der Waals surface area contributed by atoms with Gasteiger partial charge < -0.3 is 15.4 Å². The van der Waals surface area contributed by atoms with Crippen molar-refractivity contribution in [3.8, 4) is 0 Å². The fourth-order valence-corrected chi connectivity index (χ4v) is 1.94. The summed E-state index contributed by atoms with van der Waals surface area (Å²) in [5, 5.41) is 6.60. The van der Waals surface area contributed by atoms with Crippen LogP contribution in [-0.2, 0) is 4.74 Å². The summed E-state index contributed by atoms with van der Waals surface area (Å²) in [5.41, 5.74) is 0. The predicted molar refractivity (Wildman–Crippen MR) is 91.5 cm³/mol. The topological polar surface area (TPSA) is 48.9 Å². The highest BCUT2D eigenvalue weighted by Gasteiger charge is 2.16. The lowest BCUT2D eigenvalue weighted by atomic mass is 10.2. The molecule has 0 aliphatic carbocycles. The van der Waals surface area contributed by atoms with Crippen molar-refractivity contribution in [1.29, 1.82) is 0 Å². The van der Waals surface area contributed by atoms with Gasteiger partial charge in [0.1, 0.15) is 0 Å². The largest absolute Gasteiger partial charge is 0.379 e. The summed E-state index contributed by atoms with van der Waals surface area (Å²) in [6.07, 6.45) is 1.11. The highest BCUT2D eigenvalue weighted by Crippen LogP contribution is 2.03. The van der Waals surface area contributed by atoms with Gasteiger partial charge in [-0.1, -0.05) is 6.92 Å². The Labute approximate surface area is 134 Å². The third kappa shape index (κ3) is 7.94. The summed E-state index contributed by atoms with van der Waals surface area (Å²) in [5.74, 6) is 0.930. The van der Waals surface area contributed by atoms with Crippen molar-refractivity contribution >= 4 is 29.9 Å². The Hall–Kier alpha value is -0.0800. The Kier molecular flexibility index (Phi) is 11.7. The molecule has 2 N–H and O–H groups in total. The van der Waals surface area contributed by atoms with Crippen molar-refractivity contribution in [3.63, 3.8) is 0 Å². The fourth-order valence-electron chi connectivity index (χ4n) is 1.94. The van der Waals surface area contributed by atoms with Gasteiger partial charge in [0.2, 0.25) is 0 Å². The molecule has 0 aromatic rings.